The van der Waals surface area contributed by atoms with Gasteiger partial charge in [0, 0.05) is 12.6 Å². The Morgan fingerprint density at radius 2 is 2.05 bits per heavy atom. The molecule has 0 aliphatic heterocycles. The fourth-order valence-electron chi connectivity index (χ4n) is 2.53. The van der Waals surface area contributed by atoms with Crippen molar-refractivity contribution in [3.8, 4) is 0 Å². The van der Waals surface area contributed by atoms with Crippen LogP contribution in [-0.4, -0.2) is 29.1 Å². The standard InChI is InChI=1S/C16H23NO2/c1-4-11(2)13-7-5-12(6-8-13)10-17(3)15-9-14(15)16(18)19/h5-8,11,14-15H,4,9-10H2,1-3H3,(H,18,19). The molecule has 3 unspecified atom stereocenters. The summed E-state index contributed by atoms with van der Waals surface area (Å²) in [6.45, 7) is 5.27. The molecule has 0 radical (unpaired) electrons. The minimum Gasteiger partial charge on any atom is -0.481 e. The Morgan fingerprint density at radius 3 is 2.53 bits per heavy atom. The molecule has 1 aliphatic rings. The number of rotatable bonds is 6. The number of carboxylic acid groups (broad SMARTS) is 1. The summed E-state index contributed by atoms with van der Waals surface area (Å²) in [6.07, 6.45) is 1.94. The fourth-order valence-corrected chi connectivity index (χ4v) is 2.53. The third-order valence-corrected chi connectivity index (χ3v) is 4.23. The van der Waals surface area contributed by atoms with Crippen LogP contribution in [0, 0.1) is 5.92 Å². The van der Waals surface area contributed by atoms with Gasteiger partial charge in [-0.3, -0.25) is 9.69 Å². The van der Waals surface area contributed by atoms with Crippen LogP contribution >= 0.6 is 0 Å². The van der Waals surface area contributed by atoms with Crippen molar-refractivity contribution in [2.75, 3.05) is 7.05 Å². The summed E-state index contributed by atoms with van der Waals surface area (Å²) >= 11 is 0. The highest BCUT2D eigenvalue weighted by Crippen LogP contribution is 2.35. The summed E-state index contributed by atoms with van der Waals surface area (Å²) in [4.78, 5) is 13.0. The molecule has 1 aliphatic carbocycles. The molecular weight excluding hydrogens is 238 g/mol. The van der Waals surface area contributed by atoms with Crippen LogP contribution in [0.2, 0.25) is 0 Å². The molecule has 0 heterocycles. The molecule has 1 N–H and O–H groups in total. The normalized spacial score (nSPS) is 23.4. The highest BCUT2D eigenvalue weighted by Gasteiger charge is 2.45. The molecule has 19 heavy (non-hydrogen) atoms. The zero-order valence-corrected chi connectivity index (χ0v) is 12.0. The summed E-state index contributed by atoms with van der Waals surface area (Å²) in [5.41, 5.74) is 2.63. The number of aliphatic carboxylic acids is 1. The lowest BCUT2D eigenvalue weighted by Crippen LogP contribution is -2.23. The highest BCUT2D eigenvalue weighted by atomic mass is 16.4. The summed E-state index contributed by atoms with van der Waals surface area (Å²) in [6, 6.07) is 8.93. The third-order valence-electron chi connectivity index (χ3n) is 4.23. The molecule has 0 bridgehead atoms. The van der Waals surface area contributed by atoms with Crippen LogP contribution in [-0.2, 0) is 11.3 Å². The molecule has 1 saturated carbocycles. The van der Waals surface area contributed by atoms with Gasteiger partial charge in [0.1, 0.15) is 0 Å². The van der Waals surface area contributed by atoms with E-state index in [1.807, 2.05) is 7.05 Å². The van der Waals surface area contributed by atoms with Crippen molar-refractivity contribution in [1.29, 1.82) is 0 Å². The first kappa shape index (κ1) is 14.1. The zero-order chi connectivity index (χ0) is 14.0. The predicted octanol–water partition coefficient (Wildman–Crippen LogP) is 3.11. The highest BCUT2D eigenvalue weighted by molar-refractivity contribution is 5.74. The first-order chi connectivity index (χ1) is 9.02. The van der Waals surface area contributed by atoms with Gasteiger partial charge >= 0.3 is 5.97 Å². The van der Waals surface area contributed by atoms with Crippen molar-refractivity contribution in [3.63, 3.8) is 0 Å². The SMILES string of the molecule is CCC(C)c1ccc(CN(C)C2CC2C(=O)O)cc1. The van der Waals surface area contributed by atoms with Crippen LogP contribution in [0.1, 0.15) is 43.7 Å². The second-order valence-corrected chi connectivity index (χ2v) is 5.71. The Labute approximate surface area is 115 Å². The molecule has 1 fully saturated rings. The van der Waals surface area contributed by atoms with Crippen LogP contribution in [0.4, 0.5) is 0 Å². The lowest BCUT2D eigenvalue weighted by atomic mass is 9.97. The van der Waals surface area contributed by atoms with Crippen LogP contribution < -0.4 is 0 Å². The average molecular weight is 261 g/mol. The monoisotopic (exact) mass is 261 g/mol. The second kappa shape index (κ2) is 5.74. The van der Waals surface area contributed by atoms with Crippen molar-refractivity contribution in [2.45, 2.75) is 45.2 Å². The molecule has 0 spiro atoms. The van der Waals surface area contributed by atoms with E-state index in [0.717, 1.165) is 19.4 Å². The number of hydrogen-bond acceptors (Lipinski definition) is 2. The quantitative estimate of drug-likeness (QED) is 0.855. The Bertz CT molecular complexity index is 441. The van der Waals surface area contributed by atoms with Crippen molar-refractivity contribution in [1.82, 2.24) is 4.90 Å². The Hall–Kier alpha value is -1.35. The van der Waals surface area contributed by atoms with Gasteiger partial charge in [-0.25, -0.2) is 0 Å². The van der Waals surface area contributed by atoms with Crippen molar-refractivity contribution in [3.05, 3.63) is 35.4 Å². The van der Waals surface area contributed by atoms with E-state index in [4.69, 9.17) is 5.11 Å². The van der Waals surface area contributed by atoms with Crippen LogP contribution in [0.15, 0.2) is 24.3 Å². The van der Waals surface area contributed by atoms with Gasteiger partial charge in [0.2, 0.25) is 0 Å². The van der Waals surface area contributed by atoms with Gasteiger partial charge in [0.05, 0.1) is 5.92 Å². The van der Waals surface area contributed by atoms with E-state index in [2.05, 4.69) is 43.0 Å². The molecular formula is C16H23NO2. The first-order valence-electron chi connectivity index (χ1n) is 7.04. The number of carboxylic acids is 1. The van der Waals surface area contributed by atoms with Crippen LogP contribution in [0.5, 0.6) is 0 Å². The molecule has 104 valence electrons. The van der Waals surface area contributed by atoms with Crippen molar-refractivity contribution < 1.29 is 9.90 Å². The average Bonchev–Trinajstić information content (AvgIpc) is 3.19. The van der Waals surface area contributed by atoms with Gasteiger partial charge in [-0.1, -0.05) is 38.1 Å². The third kappa shape index (κ3) is 3.35. The molecule has 0 aromatic heterocycles. The molecule has 3 atom stereocenters. The molecule has 1 aromatic carbocycles. The van der Waals surface area contributed by atoms with Crippen molar-refractivity contribution >= 4 is 5.97 Å². The largest absolute Gasteiger partial charge is 0.481 e. The van der Waals surface area contributed by atoms with E-state index in [1.165, 1.54) is 11.1 Å². The number of nitrogens with zero attached hydrogens (tertiary/aromatic N) is 1. The van der Waals surface area contributed by atoms with Gasteiger partial charge < -0.3 is 5.11 Å². The molecule has 3 nitrogen and oxygen atoms in total. The lowest BCUT2D eigenvalue weighted by Gasteiger charge is -2.17. The van der Waals surface area contributed by atoms with E-state index in [-0.39, 0.29) is 12.0 Å². The maximum Gasteiger partial charge on any atom is 0.308 e. The van der Waals surface area contributed by atoms with E-state index in [0.29, 0.717) is 5.92 Å². The van der Waals surface area contributed by atoms with E-state index >= 15 is 0 Å². The Morgan fingerprint density at radius 1 is 1.42 bits per heavy atom. The summed E-state index contributed by atoms with van der Waals surface area (Å²) in [7, 11) is 2.01. The Kier molecular flexibility index (Phi) is 4.25. The van der Waals surface area contributed by atoms with E-state index < -0.39 is 5.97 Å². The maximum absolute atomic E-state index is 10.9. The van der Waals surface area contributed by atoms with E-state index in [9.17, 15) is 4.79 Å². The summed E-state index contributed by atoms with van der Waals surface area (Å²) in [5.74, 6) is -0.222. The molecule has 2 rings (SSSR count). The topological polar surface area (TPSA) is 40.5 Å². The van der Waals surface area contributed by atoms with Crippen LogP contribution in [0.3, 0.4) is 0 Å². The number of carbonyl (C=O) groups is 1. The number of hydrogen-bond donors (Lipinski definition) is 1. The second-order valence-electron chi connectivity index (χ2n) is 5.71. The maximum atomic E-state index is 10.9. The predicted molar refractivity (Wildman–Crippen MR) is 76.1 cm³/mol. The van der Waals surface area contributed by atoms with Gasteiger partial charge in [-0.05, 0) is 36.9 Å². The molecule has 3 heteroatoms. The van der Waals surface area contributed by atoms with Crippen molar-refractivity contribution in [2.24, 2.45) is 5.92 Å². The lowest BCUT2D eigenvalue weighted by molar-refractivity contribution is -0.138. The minimum atomic E-state index is -0.663. The summed E-state index contributed by atoms with van der Waals surface area (Å²) < 4.78 is 0. The fraction of sp³-hybridized carbons (Fsp3) is 0.562. The number of benzene rings is 1. The smallest absolute Gasteiger partial charge is 0.308 e. The van der Waals surface area contributed by atoms with Gasteiger partial charge in [0.15, 0.2) is 0 Å². The van der Waals surface area contributed by atoms with Gasteiger partial charge in [-0.2, -0.15) is 0 Å². The zero-order valence-electron chi connectivity index (χ0n) is 12.0. The molecule has 0 saturated heterocycles. The van der Waals surface area contributed by atoms with Gasteiger partial charge in [-0.15, -0.1) is 0 Å². The molecule has 1 aromatic rings. The Balaban J connectivity index is 1.91. The van der Waals surface area contributed by atoms with E-state index in [1.54, 1.807) is 0 Å². The molecule has 0 amide bonds. The van der Waals surface area contributed by atoms with Gasteiger partial charge in [0.25, 0.3) is 0 Å². The van der Waals surface area contributed by atoms with Crippen LogP contribution in [0.25, 0.3) is 0 Å². The summed E-state index contributed by atoms with van der Waals surface area (Å²) in [5, 5.41) is 8.94. The first-order valence-corrected chi connectivity index (χ1v) is 7.04. The minimum absolute atomic E-state index is 0.163.